The first-order valence-electron chi connectivity index (χ1n) is 9.25. The van der Waals surface area contributed by atoms with E-state index in [2.05, 4.69) is 24.9 Å². The largest absolute Gasteiger partial charge is 0.365 e. The Bertz CT molecular complexity index is 1180. The van der Waals surface area contributed by atoms with Crippen LogP contribution < -0.4 is 15.4 Å². The molecule has 0 unspecified atom stereocenters. The van der Waals surface area contributed by atoms with E-state index in [1.165, 1.54) is 16.0 Å². The van der Waals surface area contributed by atoms with Gasteiger partial charge in [0.15, 0.2) is 0 Å². The molecule has 0 spiro atoms. The number of hydrogen-bond acceptors (Lipinski definition) is 7. The second-order valence-electron chi connectivity index (χ2n) is 6.69. The van der Waals surface area contributed by atoms with Crippen molar-refractivity contribution in [3.05, 3.63) is 70.2 Å². The van der Waals surface area contributed by atoms with Crippen LogP contribution in [0.2, 0.25) is 5.02 Å². The van der Waals surface area contributed by atoms with Crippen molar-refractivity contribution in [1.82, 2.24) is 19.7 Å². The van der Waals surface area contributed by atoms with Crippen molar-refractivity contribution in [1.29, 1.82) is 0 Å². The molecular formula is C20H17ClN6OS. The molecule has 1 fully saturated rings. The van der Waals surface area contributed by atoms with Crippen molar-refractivity contribution in [3.63, 3.8) is 0 Å². The average Bonchev–Trinajstić information content (AvgIpc) is 3.20. The summed E-state index contributed by atoms with van der Waals surface area (Å²) in [5, 5.41) is 5.05. The maximum Gasteiger partial charge on any atom is 0.294 e. The van der Waals surface area contributed by atoms with E-state index in [4.69, 9.17) is 11.6 Å². The Hall–Kier alpha value is -2.97. The van der Waals surface area contributed by atoms with Gasteiger partial charge in [-0.2, -0.15) is 9.78 Å². The van der Waals surface area contributed by atoms with Crippen molar-refractivity contribution in [3.8, 4) is 5.13 Å². The SMILES string of the molecule is O=c1c(Cl)c(N2CCN(c3ccccn3)CC2)cnn1-c1nc2ccccc2s1. The topological polar surface area (TPSA) is 67.2 Å². The summed E-state index contributed by atoms with van der Waals surface area (Å²) in [6.45, 7) is 3.08. The maximum absolute atomic E-state index is 12.9. The van der Waals surface area contributed by atoms with Gasteiger partial charge < -0.3 is 9.80 Å². The molecule has 5 rings (SSSR count). The summed E-state index contributed by atoms with van der Waals surface area (Å²) >= 11 is 7.89. The monoisotopic (exact) mass is 424 g/mol. The number of halogens is 1. The minimum atomic E-state index is -0.352. The molecule has 0 saturated carbocycles. The van der Waals surface area contributed by atoms with Gasteiger partial charge in [0.05, 0.1) is 22.1 Å². The van der Waals surface area contributed by atoms with Crippen molar-refractivity contribution >= 4 is 44.7 Å². The molecule has 0 bridgehead atoms. The summed E-state index contributed by atoms with van der Waals surface area (Å²) in [6, 6.07) is 13.6. The van der Waals surface area contributed by atoms with Crippen molar-refractivity contribution in [2.24, 2.45) is 0 Å². The van der Waals surface area contributed by atoms with Crippen LogP contribution in [0.4, 0.5) is 11.5 Å². The molecule has 0 amide bonds. The third-order valence-electron chi connectivity index (χ3n) is 4.96. The van der Waals surface area contributed by atoms with E-state index < -0.39 is 0 Å². The van der Waals surface area contributed by atoms with Crippen LogP contribution in [0.15, 0.2) is 59.7 Å². The minimum Gasteiger partial charge on any atom is -0.365 e. The summed E-state index contributed by atoms with van der Waals surface area (Å²) in [5.74, 6) is 0.961. The molecule has 29 heavy (non-hydrogen) atoms. The summed E-state index contributed by atoms with van der Waals surface area (Å²) in [5.41, 5.74) is 1.15. The van der Waals surface area contributed by atoms with Gasteiger partial charge in [0, 0.05) is 32.4 Å². The molecule has 1 aliphatic rings. The molecule has 9 heteroatoms. The van der Waals surface area contributed by atoms with Gasteiger partial charge in [0.2, 0.25) is 5.13 Å². The minimum absolute atomic E-state index is 0.172. The lowest BCUT2D eigenvalue weighted by atomic mass is 10.2. The molecule has 1 saturated heterocycles. The molecule has 3 aromatic heterocycles. The highest BCUT2D eigenvalue weighted by Gasteiger charge is 2.22. The van der Waals surface area contributed by atoms with Crippen LogP contribution in [0.5, 0.6) is 0 Å². The first-order valence-corrected chi connectivity index (χ1v) is 10.4. The van der Waals surface area contributed by atoms with Gasteiger partial charge in [-0.05, 0) is 24.3 Å². The third kappa shape index (κ3) is 3.34. The summed E-state index contributed by atoms with van der Waals surface area (Å²) in [7, 11) is 0. The van der Waals surface area contributed by atoms with E-state index in [-0.39, 0.29) is 10.6 Å². The lowest BCUT2D eigenvalue weighted by Crippen LogP contribution is -2.47. The fourth-order valence-electron chi connectivity index (χ4n) is 3.45. The Kier molecular flexibility index (Phi) is 4.65. The number of aromatic nitrogens is 4. The fourth-order valence-corrected chi connectivity index (χ4v) is 4.62. The molecule has 0 aliphatic carbocycles. The van der Waals surface area contributed by atoms with Crippen molar-refractivity contribution in [2.45, 2.75) is 0 Å². The molecule has 7 nitrogen and oxygen atoms in total. The Morgan fingerprint density at radius 3 is 2.48 bits per heavy atom. The van der Waals surface area contributed by atoms with E-state index in [1.54, 1.807) is 12.4 Å². The van der Waals surface area contributed by atoms with E-state index in [9.17, 15) is 4.79 Å². The Morgan fingerprint density at radius 2 is 1.72 bits per heavy atom. The van der Waals surface area contributed by atoms with Crippen LogP contribution in [-0.4, -0.2) is 45.9 Å². The molecule has 4 heterocycles. The normalized spacial score (nSPS) is 14.5. The first kappa shape index (κ1) is 18.1. The molecule has 0 atom stereocenters. The fraction of sp³-hybridized carbons (Fsp3) is 0.200. The summed E-state index contributed by atoms with van der Waals surface area (Å²) in [6.07, 6.45) is 3.45. The number of hydrogen-bond donors (Lipinski definition) is 0. The molecule has 4 aromatic rings. The van der Waals surface area contributed by atoms with Gasteiger partial charge in [-0.25, -0.2) is 9.97 Å². The number of anilines is 2. The number of thiazole rings is 1. The van der Waals surface area contributed by atoms with Gasteiger partial charge in [-0.3, -0.25) is 4.79 Å². The Balaban J connectivity index is 1.40. The molecule has 1 aromatic carbocycles. The highest BCUT2D eigenvalue weighted by atomic mass is 35.5. The van der Waals surface area contributed by atoms with E-state index >= 15 is 0 Å². The van der Waals surface area contributed by atoms with E-state index in [1.807, 2.05) is 42.5 Å². The summed E-state index contributed by atoms with van der Waals surface area (Å²) < 4.78 is 2.28. The van der Waals surface area contributed by atoms with Gasteiger partial charge in [0.25, 0.3) is 5.56 Å². The zero-order chi connectivity index (χ0) is 19.8. The molecule has 1 aliphatic heterocycles. The van der Waals surface area contributed by atoms with Gasteiger partial charge in [-0.1, -0.05) is 41.1 Å². The number of nitrogens with zero attached hydrogens (tertiary/aromatic N) is 6. The maximum atomic E-state index is 12.9. The molecular weight excluding hydrogens is 408 g/mol. The standard InChI is InChI=1S/C20H17ClN6OS/c21-18-15(25-9-11-26(12-10-25)17-7-3-4-8-22-17)13-23-27(19(18)28)20-24-14-5-1-2-6-16(14)29-20/h1-8,13H,9-12H2. The number of pyridine rings is 1. The lowest BCUT2D eigenvalue weighted by Gasteiger charge is -2.36. The quantitative estimate of drug-likeness (QED) is 0.503. The first-order chi connectivity index (χ1) is 14.2. The van der Waals surface area contributed by atoms with Crippen LogP contribution in [0.25, 0.3) is 15.3 Å². The molecule has 0 radical (unpaired) electrons. The number of piperazine rings is 1. The number of fused-ring (bicyclic) bond motifs is 1. The zero-order valence-corrected chi connectivity index (χ0v) is 17.0. The van der Waals surface area contributed by atoms with Crippen molar-refractivity contribution < 1.29 is 0 Å². The number of para-hydroxylation sites is 1. The number of benzene rings is 1. The molecule has 0 N–H and O–H groups in total. The third-order valence-corrected chi connectivity index (χ3v) is 6.33. The van der Waals surface area contributed by atoms with Gasteiger partial charge >= 0.3 is 0 Å². The highest BCUT2D eigenvalue weighted by Crippen LogP contribution is 2.26. The zero-order valence-electron chi connectivity index (χ0n) is 15.4. The average molecular weight is 425 g/mol. The van der Waals surface area contributed by atoms with Crippen molar-refractivity contribution in [2.75, 3.05) is 36.0 Å². The Morgan fingerprint density at radius 1 is 0.966 bits per heavy atom. The number of rotatable bonds is 3. The predicted octanol–water partition coefficient (Wildman–Crippen LogP) is 3.22. The summed E-state index contributed by atoms with van der Waals surface area (Å²) in [4.78, 5) is 26.1. The molecule has 146 valence electrons. The second kappa shape index (κ2) is 7.46. The highest BCUT2D eigenvalue weighted by molar-refractivity contribution is 7.20. The van der Waals surface area contributed by atoms with Crippen LogP contribution in [0, 0.1) is 0 Å². The Labute approximate surface area is 175 Å². The van der Waals surface area contributed by atoms with Crippen LogP contribution in [-0.2, 0) is 0 Å². The lowest BCUT2D eigenvalue weighted by molar-refractivity contribution is 0.643. The second-order valence-corrected chi connectivity index (χ2v) is 8.07. The van der Waals surface area contributed by atoms with Crippen LogP contribution in [0.1, 0.15) is 0 Å². The van der Waals surface area contributed by atoms with Gasteiger partial charge in [0.1, 0.15) is 10.8 Å². The van der Waals surface area contributed by atoms with Crippen LogP contribution in [0.3, 0.4) is 0 Å². The van der Waals surface area contributed by atoms with E-state index in [0.29, 0.717) is 10.8 Å². The van der Waals surface area contributed by atoms with E-state index in [0.717, 1.165) is 42.2 Å². The smallest absolute Gasteiger partial charge is 0.294 e. The predicted molar refractivity (Wildman–Crippen MR) is 117 cm³/mol. The van der Waals surface area contributed by atoms with Crippen LogP contribution >= 0.6 is 22.9 Å². The van der Waals surface area contributed by atoms with Gasteiger partial charge in [-0.15, -0.1) is 0 Å².